The van der Waals surface area contributed by atoms with E-state index in [9.17, 15) is 8.42 Å². The Labute approximate surface area is 153 Å². The fourth-order valence-corrected chi connectivity index (χ4v) is 3.74. The van der Waals surface area contributed by atoms with Crippen molar-refractivity contribution in [2.24, 2.45) is 0 Å². The minimum Gasteiger partial charge on any atom is -0.368 e. The third-order valence-corrected chi connectivity index (χ3v) is 6.63. The smallest absolute Gasteiger partial charge is 0.199 e. The van der Waals surface area contributed by atoms with Gasteiger partial charge in [0.25, 0.3) is 0 Å². The number of aromatic nitrogens is 2. The van der Waals surface area contributed by atoms with Gasteiger partial charge in [0.05, 0.1) is 5.25 Å². The Balaban J connectivity index is 1.66. The van der Waals surface area contributed by atoms with Gasteiger partial charge < -0.3 is 9.80 Å². The van der Waals surface area contributed by atoms with Gasteiger partial charge in [-0.2, -0.15) is 0 Å². The molecule has 0 N–H and O–H groups in total. The van der Waals surface area contributed by atoms with E-state index >= 15 is 0 Å². The van der Waals surface area contributed by atoms with Crippen molar-refractivity contribution in [1.82, 2.24) is 10.2 Å². The topological polar surface area (TPSA) is 66.4 Å². The van der Waals surface area contributed by atoms with Crippen molar-refractivity contribution in [3.05, 3.63) is 41.4 Å². The molecule has 134 valence electrons. The molecule has 1 aromatic carbocycles. The first kappa shape index (κ1) is 17.9. The summed E-state index contributed by atoms with van der Waals surface area (Å²) >= 11 is 5.93. The molecule has 2 aromatic rings. The molecule has 0 saturated carbocycles. The van der Waals surface area contributed by atoms with Crippen molar-refractivity contribution in [3.63, 3.8) is 0 Å². The van der Waals surface area contributed by atoms with Gasteiger partial charge in [0.2, 0.25) is 0 Å². The fourth-order valence-electron chi connectivity index (χ4n) is 2.72. The first-order valence-corrected chi connectivity index (χ1v) is 10.1. The zero-order valence-electron chi connectivity index (χ0n) is 14.3. The summed E-state index contributed by atoms with van der Waals surface area (Å²) in [5.74, 6) is 0.707. The van der Waals surface area contributed by atoms with Crippen LogP contribution < -0.4 is 9.80 Å². The van der Waals surface area contributed by atoms with E-state index in [0.717, 1.165) is 36.9 Å². The van der Waals surface area contributed by atoms with Gasteiger partial charge in [-0.1, -0.05) is 11.6 Å². The number of sulfone groups is 1. The molecule has 1 saturated heterocycles. The molecule has 1 fully saturated rings. The number of hydrogen-bond acceptors (Lipinski definition) is 6. The SMILES string of the molecule is CC(C)S(=O)(=O)c1ccc(N2CCN(c3ccc(Cl)cc3)CC2)nn1. The van der Waals surface area contributed by atoms with Gasteiger partial charge in [0.1, 0.15) is 0 Å². The molecule has 3 rings (SSSR count). The van der Waals surface area contributed by atoms with Crippen molar-refractivity contribution in [2.75, 3.05) is 36.0 Å². The van der Waals surface area contributed by atoms with Crippen LogP contribution in [-0.4, -0.2) is 50.0 Å². The summed E-state index contributed by atoms with van der Waals surface area (Å²) in [5.41, 5.74) is 1.15. The highest BCUT2D eigenvalue weighted by Crippen LogP contribution is 2.22. The molecule has 1 aromatic heterocycles. The average Bonchev–Trinajstić information content (AvgIpc) is 2.62. The molecule has 2 heterocycles. The Morgan fingerprint density at radius 1 is 0.920 bits per heavy atom. The van der Waals surface area contributed by atoms with Crippen LogP contribution in [0.5, 0.6) is 0 Å². The Bertz CT molecular complexity index is 815. The minimum atomic E-state index is -3.38. The predicted octanol–water partition coefficient (Wildman–Crippen LogP) is 2.64. The zero-order valence-corrected chi connectivity index (χ0v) is 15.8. The van der Waals surface area contributed by atoms with Crippen molar-refractivity contribution < 1.29 is 8.42 Å². The number of piperazine rings is 1. The van der Waals surface area contributed by atoms with Crippen LogP contribution in [0.15, 0.2) is 41.4 Å². The number of halogens is 1. The van der Waals surface area contributed by atoms with E-state index in [0.29, 0.717) is 5.82 Å². The highest BCUT2D eigenvalue weighted by atomic mass is 35.5. The van der Waals surface area contributed by atoms with E-state index in [-0.39, 0.29) is 5.03 Å². The summed E-state index contributed by atoms with van der Waals surface area (Å²) in [7, 11) is -3.38. The lowest BCUT2D eigenvalue weighted by molar-refractivity contribution is 0.580. The predicted molar refractivity (Wildman–Crippen MR) is 100 cm³/mol. The van der Waals surface area contributed by atoms with Gasteiger partial charge >= 0.3 is 0 Å². The van der Waals surface area contributed by atoms with E-state index in [1.165, 1.54) is 0 Å². The van der Waals surface area contributed by atoms with E-state index in [1.54, 1.807) is 26.0 Å². The van der Waals surface area contributed by atoms with Crippen LogP contribution in [-0.2, 0) is 9.84 Å². The highest BCUT2D eigenvalue weighted by Gasteiger charge is 2.23. The second kappa shape index (κ2) is 7.17. The number of rotatable bonds is 4. The van der Waals surface area contributed by atoms with Gasteiger partial charge in [-0.3, -0.25) is 0 Å². The standard InChI is InChI=1S/C17H21ClN4O2S/c1-13(2)25(23,24)17-8-7-16(19-20-17)22-11-9-21(10-12-22)15-5-3-14(18)4-6-15/h3-8,13H,9-12H2,1-2H3. The van der Waals surface area contributed by atoms with Crippen molar-refractivity contribution in [2.45, 2.75) is 24.1 Å². The van der Waals surface area contributed by atoms with E-state index in [2.05, 4.69) is 20.0 Å². The molecule has 1 aliphatic heterocycles. The summed E-state index contributed by atoms with van der Waals surface area (Å²) in [4.78, 5) is 4.41. The Kier molecular flexibility index (Phi) is 5.15. The first-order valence-electron chi connectivity index (χ1n) is 8.21. The number of nitrogens with zero attached hydrogens (tertiary/aromatic N) is 4. The van der Waals surface area contributed by atoms with Crippen LogP contribution in [0.4, 0.5) is 11.5 Å². The molecule has 0 amide bonds. The Morgan fingerprint density at radius 3 is 2.04 bits per heavy atom. The van der Waals surface area contributed by atoms with Crippen LogP contribution in [0.2, 0.25) is 5.02 Å². The van der Waals surface area contributed by atoms with Crippen LogP contribution >= 0.6 is 11.6 Å². The molecule has 6 nitrogen and oxygen atoms in total. The maximum atomic E-state index is 12.1. The van der Waals surface area contributed by atoms with Gasteiger partial charge in [-0.05, 0) is 50.2 Å². The lowest BCUT2D eigenvalue weighted by atomic mass is 10.2. The van der Waals surface area contributed by atoms with Crippen LogP contribution in [0.25, 0.3) is 0 Å². The summed E-state index contributed by atoms with van der Waals surface area (Å²) in [6.07, 6.45) is 0. The average molecular weight is 381 g/mol. The minimum absolute atomic E-state index is 0.0334. The number of hydrogen-bond donors (Lipinski definition) is 0. The molecule has 0 spiro atoms. The lowest BCUT2D eigenvalue weighted by Crippen LogP contribution is -2.46. The quantitative estimate of drug-likeness (QED) is 0.812. The molecule has 0 unspecified atom stereocenters. The van der Waals surface area contributed by atoms with Crippen molar-refractivity contribution in [3.8, 4) is 0 Å². The molecule has 0 radical (unpaired) electrons. The van der Waals surface area contributed by atoms with E-state index < -0.39 is 15.1 Å². The highest BCUT2D eigenvalue weighted by molar-refractivity contribution is 7.91. The van der Waals surface area contributed by atoms with Gasteiger partial charge in [-0.25, -0.2) is 8.42 Å². The fraction of sp³-hybridized carbons (Fsp3) is 0.412. The summed E-state index contributed by atoms with van der Waals surface area (Å²) < 4.78 is 24.2. The summed E-state index contributed by atoms with van der Waals surface area (Å²) in [5, 5.41) is 8.31. The molecule has 0 bridgehead atoms. The Morgan fingerprint density at radius 2 is 1.52 bits per heavy atom. The molecule has 8 heteroatoms. The molecule has 0 aliphatic carbocycles. The summed E-state index contributed by atoms with van der Waals surface area (Å²) in [6, 6.07) is 11.1. The third-order valence-electron chi connectivity index (χ3n) is 4.33. The van der Waals surface area contributed by atoms with Crippen LogP contribution in [0, 0.1) is 0 Å². The van der Waals surface area contributed by atoms with Gasteiger partial charge in [-0.15, -0.1) is 10.2 Å². The molecule has 1 aliphatic rings. The number of anilines is 2. The van der Waals surface area contributed by atoms with Gasteiger partial charge in [0, 0.05) is 36.9 Å². The number of benzene rings is 1. The normalized spacial score (nSPS) is 15.7. The first-order chi connectivity index (χ1) is 11.9. The largest absolute Gasteiger partial charge is 0.368 e. The molecular weight excluding hydrogens is 360 g/mol. The van der Waals surface area contributed by atoms with Crippen LogP contribution in [0.1, 0.15) is 13.8 Å². The van der Waals surface area contributed by atoms with Crippen molar-refractivity contribution in [1.29, 1.82) is 0 Å². The molecular formula is C17H21ClN4O2S. The second-order valence-electron chi connectivity index (χ2n) is 6.27. The molecule has 0 atom stereocenters. The lowest BCUT2D eigenvalue weighted by Gasteiger charge is -2.36. The summed E-state index contributed by atoms with van der Waals surface area (Å²) in [6.45, 7) is 6.59. The maximum Gasteiger partial charge on any atom is 0.199 e. The van der Waals surface area contributed by atoms with E-state index in [4.69, 9.17) is 11.6 Å². The van der Waals surface area contributed by atoms with E-state index in [1.807, 2.05) is 24.3 Å². The maximum absolute atomic E-state index is 12.1. The molecule has 25 heavy (non-hydrogen) atoms. The van der Waals surface area contributed by atoms with Gasteiger partial charge in [0.15, 0.2) is 20.7 Å². The van der Waals surface area contributed by atoms with Crippen molar-refractivity contribution >= 4 is 32.9 Å². The monoisotopic (exact) mass is 380 g/mol. The zero-order chi connectivity index (χ0) is 18.0. The third kappa shape index (κ3) is 3.88. The Hall–Kier alpha value is -1.86. The van der Waals surface area contributed by atoms with Crippen LogP contribution in [0.3, 0.4) is 0 Å². The second-order valence-corrected chi connectivity index (χ2v) is 9.16.